The number of nitrogens with zero attached hydrogens (tertiary/aromatic N) is 1. The van der Waals surface area contributed by atoms with Gasteiger partial charge in [-0.2, -0.15) is 0 Å². The zero-order valence-electron chi connectivity index (χ0n) is 7.35. The minimum absolute atomic E-state index is 0.916. The summed E-state index contributed by atoms with van der Waals surface area (Å²) in [6.07, 6.45) is 7.01. The summed E-state index contributed by atoms with van der Waals surface area (Å²) in [4.78, 5) is 4.39. The maximum absolute atomic E-state index is 4.39. The second-order valence-corrected chi connectivity index (χ2v) is 4.32. The lowest BCUT2D eigenvalue weighted by atomic mass is 10.3. The zero-order chi connectivity index (χ0) is 8.10. The van der Waals surface area contributed by atoms with Crippen LogP contribution in [0.4, 0.5) is 0 Å². The van der Waals surface area contributed by atoms with Crippen molar-refractivity contribution >= 4 is 8.19 Å². The van der Waals surface area contributed by atoms with E-state index in [0.717, 1.165) is 8.19 Å². The molecule has 1 rings (SSSR count). The second-order valence-electron chi connectivity index (χ2n) is 2.86. The molecule has 0 aliphatic heterocycles. The highest BCUT2D eigenvalue weighted by atomic mass is 31.0. The van der Waals surface area contributed by atoms with Gasteiger partial charge in [0.05, 0.1) is 5.43 Å². The Kier molecular flexibility index (Phi) is 3.65. The van der Waals surface area contributed by atoms with Crippen LogP contribution in [0.2, 0.25) is 0 Å². The molecule has 1 nitrogen and oxygen atoms in total. The van der Waals surface area contributed by atoms with Crippen molar-refractivity contribution in [3.05, 3.63) is 16.9 Å². The molecule has 0 radical (unpaired) electrons. The molecule has 0 amide bonds. The normalized spacial score (nSPS) is 11.1. The van der Waals surface area contributed by atoms with E-state index in [-0.39, 0.29) is 0 Å². The first kappa shape index (κ1) is 8.80. The van der Waals surface area contributed by atoms with Gasteiger partial charge in [-0.15, -0.1) is 8.19 Å². The average molecular weight is 169 g/mol. The Labute approximate surface area is 70.3 Å². The van der Waals surface area contributed by atoms with Crippen LogP contribution >= 0.6 is 8.19 Å². The first-order valence-corrected chi connectivity index (χ1v) is 5.39. The Bertz CT molecular complexity index is 185. The van der Waals surface area contributed by atoms with Gasteiger partial charge in [-0.3, -0.25) is 4.98 Å². The van der Waals surface area contributed by atoms with Crippen LogP contribution in [0.3, 0.4) is 0 Å². The first-order valence-electron chi connectivity index (χ1n) is 4.39. The Balaban J connectivity index is 2.51. The number of aryl methyl sites for hydroxylation is 2. The SMILES string of the molecule is CCCc1cnc(CCC)[pH]1. The summed E-state index contributed by atoms with van der Waals surface area (Å²) in [5.74, 6) is 0. The van der Waals surface area contributed by atoms with Crippen LogP contribution in [0.15, 0.2) is 6.20 Å². The molecule has 0 bridgehead atoms. The van der Waals surface area contributed by atoms with Gasteiger partial charge in [0.1, 0.15) is 0 Å². The summed E-state index contributed by atoms with van der Waals surface area (Å²) >= 11 is 0. The fourth-order valence-corrected chi connectivity index (χ4v) is 2.54. The molecule has 11 heavy (non-hydrogen) atoms. The molecule has 1 unspecified atom stereocenters. The highest BCUT2D eigenvalue weighted by Crippen LogP contribution is 2.21. The topological polar surface area (TPSA) is 12.9 Å². The standard InChI is InChI=1S/C9H16NP/c1-3-5-8-7-10-9(11-8)6-4-2/h7,11H,3-6H2,1-2H3. The van der Waals surface area contributed by atoms with Gasteiger partial charge in [0, 0.05) is 6.20 Å². The first-order chi connectivity index (χ1) is 5.36. The van der Waals surface area contributed by atoms with E-state index in [9.17, 15) is 0 Å². The summed E-state index contributed by atoms with van der Waals surface area (Å²) in [6.45, 7) is 4.44. The van der Waals surface area contributed by atoms with Crippen LogP contribution in [0.25, 0.3) is 0 Å². The van der Waals surface area contributed by atoms with Crippen LogP contribution in [-0.4, -0.2) is 4.98 Å². The van der Waals surface area contributed by atoms with E-state index in [0.29, 0.717) is 0 Å². The lowest BCUT2D eigenvalue weighted by molar-refractivity contribution is 0.906. The molecule has 0 saturated heterocycles. The van der Waals surface area contributed by atoms with Crippen LogP contribution in [-0.2, 0) is 12.8 Å². The summed E-state index contributed by atoms with van der Waals surface area (Å²) in [6, 6.07) is 0. The van der Waals surface area contributed by atoms with Gasteiger partial charge in [-0.25, -0.2) is 0 Å². The maximum atomic E-state index is 4.39. The van der Waals surface area contributed by atoms with Crippen LogP contribution in [0, 0.1) is 0 Å². The van der Waals surface area contributed by atoms with Crippen molar-refractivity contribution in [3.8, 4) is 0 Å². The van der Waals surface area contributed by atoms with Crippen LogP contribution < -0.4 is 0 Å². The minimum atomic E-state index is 0.916. The number of rotatable bonds is 4. The van der Waals surface area contributed by atoms with Crippen molar-refractivity contribution in [3.63, 3.8) is 0 Å². The Morgan fingerprint density at radius 1 is 1.27 bits per heavy atom. The van der Waals surface area contributed by atoms with Crippen LogP contribution in [0.5, 0.6) is 0 Å². The predicted molar refractivity (Wildman–Crippen MR) is 51.7 cm³/mol. The molecule has 1 atom stereocenters. The number of hydrogen-bond acceptors (Lipinski definition) is 1. The van der Waals surface area contributed by atoms with Gasteiger partial charge in [-0.05, 0) is 18.1 Å². The van der Waals surface area contributed by atoms with E-state index in [1.54, 1.807) is 5.30 Å². The van der Waals surface area contributed by atoms with Gasteiger partial charge < -0.3 is 0 Å². The van der Waals surface area contributed by atoms with E-state index in [4.69, 9.17) is 0 Å². The molecule has 62 valence electrons. The van der Waals surface area contributed by atoms with Crippen molar-refractivity contribution in [1.82, 2.24) is 4.98 Å². The van der Waals surface area contributed by atoms with Gasteiger partial charge in [0.2, 0.25) is 0 Å². The molecular formula is C9H16NP. The molecule has 1 aromatic heterocycles. The predicted octanol–water partition coefficient (Wildman–Crippen LogP) is 3.02. The molecule has 0 spiro atoms. The molecule has 2 heteroatoms. The van der Waals surface area contributed by atoms with Gasteiger partial charge in [0.25, 0.3) is 0 Å². The molecule has 0 fully saturated rings. The second kappa shape index (κ2) is 4.56. The third kappa shape index (κ3) is 2.67. The molecule has 0 aromatic carbocycles. The van der Waals surface area contributed by atoms with Crippen LogP contribution in [0.1, 0.15) is 37.4 Å². The third-order valence-corrected chi connectivity index (χ3v) is 3.06. The van der Waals surface area contributed by atoms with Gasteiger partial charge in [0.15, 0.2) is 0 Å². The highest BCUT2D eigenvalue weighted by Gasteiger charge is 1.97. The molecule has 0 saturated carbocycles. The fraction of sp³-hybridized carbons (Fsp3) is 0.667. The molecule has 1 heterocycles. The maximum Gasteiger partial charge on any atom is 0.0564 e. The van der Waals surface area contributed by atoms with Gasteiger partial charge >= 0.3 is 0 Å². The molecular weight excluding hydrogens is 153 g/mol. The number of aromatic nitrogens is 1. The summed E-state index contributed by atoms with van der Waals surface area (Å²) in [7, 11) is 0.916. The molecule has 1 aromatic rings. The molecule has 0 aliphatic carbocycles. The van der Waals surface area contributed by atoms with Crippen molar-refractivity contribution in [2.75, 3.05) is 0 Å². The lowest BCUT2D eigenvalue weighted by Gasteiger charge is -1.89. The third-order valence-electron chi connectivity index (χ3n) is 1.69. The van der Waals surface area contributed by atoms with Crippen molar-refractivity contribution in [2.45, 2.75) is 39.5 Å². The largest absolute Gasteiger partial charge is 0.257 e. The van der Waals surface area contributed by atoms with E-state index < -0.39 is 0 Å². The Morgan fingerprint density at radius 2 is 2.00 bits per heavy atom. The zero-order valence-corrected chi connectivity index (χ0v) is 8.35. The Morgan fingerprint density at radius 3 is 2.64 bits per heavy atom. The van der Waals surface area contributed by atoms with E-state index >= 15 is 0 Å². The van der Waals surface area contributed by atoms with Crippen molar-refractivity contribution in [2.24, 2.45) is 0 Å². The Hall–Kier alpha value is -0.290. The van der Waals surface area contributed by atoms with E-state index in [1.807, 2.05) is 0 Å². The number of hydrogen-bond donors (Lipinski definition) is 0. The quantitative estimate of drug-likeness (QED) is 0.675. The van der Waals surface area contributed by atoms with Gasteiger partial charge in [-0.1, -0.05) is 26.7 Å². The molecule has 0 N–H and O–H groups in total. The molecule has 0 aliphatic rings. The summed E-state index contributed by atoms with van der Waals surface area (Å²) in [5, 5.41) is 1.55. The fourth-order valence-electron chi connectivity index (χ4n) is 1.17. The highest BCUT2D eigenvalue weighted by molar-refractivity contribution is 7.31. The van der Waals surface area contributed by atoms with E-state index in [1.165, 1.54) is 31.1 Å². The minimum Gasteiger partial charge on any atom is -0.257 e. The lowest BCUT2D eigenvalue weighted by Crippen LogP contribution is -1.76. The van der Waals surface area contributed by atoms with E-state index in [2.05, 4.69) is 25.0 Å². The van der Waals surface area contributed by atoms with Crippen molar-refractivity contribution in [1.29, 1.82) is 0 Å². The average Bonchev–Trinajstić information content (AvgIpc) is 2.38. The monoisotopic (exact) mass is 169 g/mol. The summed E-state index contributed by atoms with van der Waals surface area (Å²) < 4.78 is 0. The summed E-state index contributed by atoms with van der Waals surface area (Å²) in [5.41, 5.74) is 1.41. The smallest absolute Gasteiger partial charge is 0.0564 e. The van der Waals surface area contributed by atoms with Crippen molar-refractivity contribution < 1.29 is 0 Å².